The van der Waals surface area contributed by atoms with E-state index in [1.54, 1.807) is 0 Å². The van der Waals surface area contributed by atoms with E-state index in [4.69, 9.17) is 0 Å². The number of aromatic nitrogens is 1. The molecule has 2 rings (SSSR count). The topological polar surface area (TPSA) is 28.2 Å². The molecule has 0 bridgehead atoms. The molecule has 0 spiro atoms. The van der Waals surface area contributed by atoms with E-state index < -0.39 is 0 Å². The van der Waals surface area contributed by atoms with Crippen LogP contribution >= 0.6 is 0 Å². The lowest BCUT2D eigenvalue weighted by Crippen LogP contribution is -2.38. The fourth-order valence-electron chi connectivity index (χ4n) is 2.77. The Morgan fingerprint density at radius 1 is 1.42 bits per heavy atom. The highest BCUT2D eigenvalue weighted by atomic mass is 15.2. The van der Waals surface area contributed by atoms with E-state index in [0.29, 0.717) is 6.04 Å². The molecule has 0 aromatic carbocycles. The van der Waals surface area contributed by atoms with E-state index in [-0.39, 0.29) is 0 Å². The predicted molar refractivity (Wildman–Crippen MR) is 80.1 cm³/mol. The Balaban J connectivity index is 1.84. The molecule has 1 unspecified atom stereocenters. The van der Waals surface area contributed by atoms with Crippen LogP contribution in [0.1, 0.15) is 38.1 Å². The second kappa shape index (κ2) is 7.01. The van der Waals surface area contributed by atoms with Gasteiger partial charge in [0.2, 0.25) is 0 Å². The van der Waals surface area contributed by atoms with Crippen molar-refractivity contribution in [3.8, 4) is 0 Å². The number of nitrogens with zero attached hydrogens (tertiary/aromatic N) is 2. The van der Waals surface area contributed by atoms with Gasteiger partial charge < -0.3 is 5.32 Å². The summed E-state index contributed by atoms with van der Waals surface area (Å²) in [6, 6.07) is 7.00. The molecule has 19 heavy (non-hydrogen) atoms. The number of rotatable bonds is 6. The molecule has 1 N–H and O–H groups in total. The molecule has 3 heteroatoms. The fraction of sp³-hybridized carbons (Fsp3) is 0.688. The molecule has 1 aromatic rings. The highest BCUT2D eigenvalue weighted by Crippen LogP contribution is 2.19. The third kappa shape index (κ3) is 4.59. The molecular weight excluding hydrogens is 234 g/mol. The van der Waals surface area contributed by atoms with Crippen molar-refractivity contribution in [3.05, 3.63) is 29.6 Å². The highest BCUT2D eigenvalue weighted by Gasteiger charge is 2.24. The van der Waals surface area contributed by atoms with Crippen LogP contribution in [-0.4, -0.2) is 35.6 Å². The van der Waals surface area contributed by atoms with Gasteiger partial charge in [0.25, 0.3) is 0 Å². The summed E-state index contributed by atoms with van der Waals surface area (Å²) < 4.78 is 0. The molecule has 0 aliphatic carbocycles. The summed E-state index contributed by atoms with van der Waals surface area (Å²) in [5, 5.41) is 3.59. The van der Waals surface area contributed by atoms with Crippen molar-refractivity contribution in [1.82, 2.24) is 15.2 Å². The maximum absolute atomic E-state index is 4.62. The van der Waals surface area contributed by atoms with Crippen molar-refractivity contribution in [2.45, 2.75) is 46.2 Å². The normalized spacial score (nSPS) is 20.3. The summed E-state index contributed by atoms with van der Waals surface area (Å²) in [6.45, 7) is 11.0. The molecule has 0 radical (unpaired) electrons. The van der Waals surface area contributed by atoms with Gasteiger partial charge in [0.15, 0.2) is 0 Å². The van der Waals surface area contributed by atoms with Crippen molar-refractivity contribution < 1.29 is 0 Å². The molecule has 1 aliphatic rings. The lowest BCUT2D eigenvalue weighted by molar-refractivity contribution is 0.235. The Morgan fingerprint density at radius 3 is 3.00 bits per heavy atom. The van der Waals surface area contributed by atoms with E-state index >= 15 is 0 Å². The average molecular weight is 261 g/mol. The van der Waals surface area contributed by atoms with Crippen LogP contribution in [0.25, 0.3) is 0 Å². The number of nitrogens with one attached hydrogen (secondary N) is 1. The lowest BCUT2D eigenvalue weighted by atomic mass is 10.2. The van der Waals surface area contributed by atoms with Crippen molar-refractivity contribution in [1.29, 1.82) is 0 Å². The van der Waals surface area contributed by atoms with Crippen LogP contribution in [0.5, 0.6) is 0 Å². The molecule has 1 aromatic heterocycles. The predicted octanol–water partition coefficient (Wildman–Crippen LogP) is 2.60. The smallest absolute Gasteiger partial charge is 0.0547 e. The van der Waals surface area contributed by atoms with Crippen molar-refractivity contribution >= 4 is 0 Å². The molecule has 2 heterocycles. The third-order valence-corrected chi connectivity index (χ3v) is 3.74. The summed E-state index contributed by atoms with van der Waals surface area (Å²) in [5.41, 5.74) is 2.32. The van der Waals surface area contributed by atoms with Gasteiger partial charge >= 0.3 is 0 Å². The van der Waals surface area contributed by atoms with Gasteiger partial charge in [-0.1, -0.05) is 19.9 Å². The largest absolute Gasteiger partial charge is 0.315 e. The van der Waals surface area contributed by atoms with Gasteiger partial charge in [-0.15, -0.1) is 0 Å². The van der Waals surface area contributed by atoms with E-state index in [1.807, 2.05) is 0 Å². The van der Waals surface area contributed by atoms with E-state index in [0.717, 1.165) is 31.2 Å². The lowest BCUT2D eigenvalue weighted by Gasteiger charge is -2.25. The monoisotopic (exact) mass is 261 g/mol. The Morgan fingerprint density at radius 2 is 2.26 bits per heavy atom. The first-order chi connectivity index (χ1) is 9.15. The zero-order chi connectivity index (χ0) is 13.7. The van der Waals surface area contributed by atoms with Gasteiger partial charge in [0.1, 0.15) is 0 Å². The minimum absolute atomic E-state index is 0.682. The third-order valence-electron chi connectivity index (χ3n) is 3.74. The SMILES string of the molecule is Cc1cccc(CN2CCCC2CNCC(C)C)n1. The van der Waals surface area contributed by atoms with Crippen LogP contribution in [-0.2, 0) is 6.54 Å². The summed E-state index contributed by atoms with van der Waals surface area (Å²) >= 11 is 0. The van der Waals surface area contributed by atoms with Gasteiger partial charge in [-0.25, -0.2) is 0 Å². The van der Waals surface area contributed by atoms with Crippen LogP contribution in [0, 0.1) is 12.8 Å². The standard InChI is InChI=1S/C16H27N3/c1-13(2)10-17-11-16-8-5-9-19(16)12-15-7-4-6-14(3)18-15/h4,6-7,13,16-17H,5,8-12H2,1-3H3. The van der Waals surface area contributed by atoms with Crippen LogP contribution in [0.2, 0.25) is 0 Å². The molecule has 0 amide bonds. The minimum atomic E-state index is 0.682. The highest BCUT2D eigenvalue weighted by molar-refractivity contribution is 5.10. The van der Waals surface area contributed by atoms with E-state index in [1.165, 1.54) is 25.1 Å². The fourth-order valence-corrected chi connectivity index (χ4v) is 2.77. The zero-order valence-electron chi connectivity index (χ0n) is 12.5. The molecule has 0 saturated carbocycles. The quantitative estimate of drug-likeness (QED) is 0.853. The van der Waals surface area contributed by atoms with Crippen LogP contribution in [0.15, 0.2) is 18.2 Å². The van der Waals surface area contributed by atoms with Crippen molar-refractivity contribution in [2.24, 2.45) is 5.92 Å². The summed E-state index contributed by atoms with van der Waals surface area (Å²) in [7, 11) is 0. The summed E-state index contributed by atoms with van der Waals surface area (Å²) in [6.07, 6.45) is 2.64. The number of pyridine rings is 1. The van der Waals surface area contributed by atoms with E-state index in [2.05, 4.69) is 54.2 Å². The van der Waals surface area contributed by atoms with Crippen LogP contribution < -0.4 is 5.32 Å². The summed E-state index contributed by atoms with van der Waals surface area (Å²) in [4.78, 5) is 7.20. The zero-order valence-corrected chi connectivity index (χ0v) is 12.5. The Hall–Kier alpha value is -0.930. The molecular formula is C16H27N3. The Labute approximate surface area is 117 Å². The maximum atomic E-state index is 4.62. The first-order valence-corrected chi connectivity index (χ1v) is 7.52. The summed E-state index contributed by atoms with van der Waals surface area (Å²) in [5.74, 6) is 0.730. The molecule has 1 atom stereocenters. The molecule has 1 aliphatic heterocycles. The first kappa shape index (κ1) is 14.5. The van der Waals surface area contributed by atoms with E-state index in [9.17, 15) is 0 Å². The van der Waals surface area contributed by atoms with Crippen LogP contribution in [0.4, 0.5) is 0 Å². The first-order valence-electron chi connectivity index (χ1n) is 7.52. The van der Waals surface area contributed by atoms with Gasteiger partial charge in [0, 0.05) is 24.8 Å². The molecule has 3 nitrogen and oxygen atoms in total. The van der Waals surface area contributed by atoms with Gasteiger partial charge in [-0.05, 0) is 50.9 Å². The number of likely N-dealkylation sites (tertiary alicyclic amines) is 1. The Kier molecular flexibility index (Phi) is 5.34. The molecule has 1 fully saturated rings. The van der Waals surface area contributed by atoms with Crippen LogP contribution in [0.3, 0.4) is 0 Å². The number of aryl methyl sites for hydroxylation is 1. The molecule has 1 saturated heterocycles. The average Bonchev–Trinajstić information content (AvgIpc) is 2.76. The minimum Gasteiger partial charge on any atom is -0.315 e. The Bertz CT molecular complexity index is 389. The maximum Gasteiger partial charge on any atom is 0.0547 e. The van der Waals surface area contributed by atoms with Crippen molar-refractivity contribution in [2.75, 3.05) is 19.6 Å². The number of hydrogen-bond donors (Lipinski definition) is 1. The second-order valence-electron chi connectivity index (χ2n) is 6.09. The number of hydrogen-bond acceptors (Lipinski definition) is 3. The van der Waals surface area contributed by atoms with Gasteiger partial charge in [-0.3, -0.25) is 9.88 Å². The van der Waals surface area contributed by atoms with Gasteiger partial charge in [0.05, 0.1) is 5.69 Å². The van der Waals surface area contributed by atoms with Gasteiger partial charge in [-0.2, -0.15) is 0 Å². The molecule has 106 valence electrons. The van der Waals surface area contributed by atoms with Crippen molar-refractivity contribution in [3.63, 3.8) is 0 Å². The second-order valence-corrected chi connectivity index (χ2v) is 6.09.